The SMILES string of the molecule is CC/C=C\CCC1CC(=O)C=C(C)C1.CCCCCC1CC(C)=CC(O)C1.CCCCCCC1CC(C)=CC(O)C1.CCCCCCCC1CC(C)=CC(O)C1. The molecule has 0 bridgehead atoms. The van der Waals surface area contributed by atoms with Gasteiger partial charge in [0.15, 0.2) is 5.78 Å². The highest BCUT2D eigenvalue weighted by molar-refractivity contribution is 5.91. The van der Waals surface area contributed by atoms with Gasteiger partial charge < -0.3 is 15.3 Å². The lowest BCUT2D eigenvalue weighted by atomic mass is 9.84. The molecule has 0 heterocycles. The molecule has 0 aromatic heterocycles. The fourth-order valence-electron chi connectivity index (χ4n) is 9.30. The van der Waals surface area contributed by atoms with Crippen LogP contribution < -0.4 is 0 Å². The molecule has 0 saturated carbocycles. The highest BCUT2D eigenvalue weighted by atomic mass is 16.3. The molecule has 56 heavy (non-hydrogen) atoms. The molecule has 0 amide bonds. The second-order valence-corrected chi connectivity index (χ2v) is 18.4. The molecule has 0 saturated heterocycles. The third-order valence-electron chi connectivity index (χ3n) is 12.0. The van der Waals surface area contributed by atoms with Gasteiger partial charge in [-0.2, -0.15) is 0 Å². The third-order valence-corrected chi connectivity index (χ3v) is 12.0. The van der Waals surface area contributed by atoms with Crippen LogP contribution in [-0.2, 0) is 4.79 Å². The van der Waals surface area contributed by atoms with E-state index in [0.717, 1.165) is 69.1 Å². The summed E-state index contributed by atoms with van der Waals surface area (Å²) in [7, 11) is 0. The Bertz CT molecular complexity index is 1160. The quantitative estimate of drug-likeness (QED) is 0.0901. The average molecular weight is 781 g/mol. The molecule has 7 atom stereocenters. The minimum atomic E-state index is -0.167. The van der Waals surface area contributed by atoms with Gasteiger partial charge in [-0.05, 0) is 122 Å². The topological polar surface area (TPSA) is 77.8 Å². The van der Waals surface area contributed by atoms with Gasteiger partial charge in [-0.15, -0.1) is 0 Å². The van der Waals surface area contributed by atoms with Crippen LogP contribution in [0.4, 0.5) is 0 Å². The summed E-state index contributed by atoms with van der Waals surface area (Å²) in [5, 5.41) is 28.7. The van der Waals surface area contributed by atoms with E-state index in [1.807, 2.05) is 18.2 Å². The van der Waals surface area contributed by atoms with E-state index in [0.29, 0.717) is 11.7 Å². The number of rotatable bonds is 19. The van der Waals surface area contributed by atoms with E-state index in [-0.39, 0.29) is 18.3 Å². The van der Waals surface area contributed by atoms with E-state index >= 15 is 0 Å². The summed E-state index contributed by atoms with van der Waals surface area (Å²) in [5.74, 6) is 3.14. The first-order valence-corrected chi connectivity index (χ1v) is 23.8. The Labute approximate surface area is 347 Å². The Hall–Kier alpha value is -1.75. The lowest BCUT2D eigenvalue weighted by molar-refractivity contribution is -0.116. The molecule has 4 nitrogen and oxygen atoms in total. The van der Waals surface area contributed by atoms with Crippen molar-refractivity contribution in [2.45, 2.75) is 241 Å². The first-order chi connectivity index (χ1) is 26.9. The van der Waals surface area contributed by atoms with Crippen LogP contribution in [0.2, 0.25) is 0 Å². The molecule has 0 radical (unpaired) electrons. The minimum absolute atomic E-state index is 0.166. The maximum absolute atomic E-state index is 11.3. The van der Waals surface area contributed by atoms with E-state index in [9.17, 15) is 20.1 Å². The van der Waals surface area contributed by atoms with E-state index < -0.39 is 0 Å². The van der Waals surface area contributed by atoms with Crippen LogP contribution >= 0.6 is 0 Å². The second-order valence-electron chi connectivity index (χ2n) is 18.4. The molecule has 4 heteroatoms. The fourth-order valence-corrected chi connectivity index (χ4v) is 9.30. The average Bonchev–Trinajstić information content (AvgIpc) is 3.11. The zero-order valence-corrected chi connectivity index (χ0v) is 38.1. The van der Waals surface area contributed by atoms with Gasteiger partial charge in [0.05, 0.1) is 18.3 Å². The van der Waals surface area contributed by atoms with Gasteiger partial charge in [-0.25, -0.2) is 0 Å². The summed E-state index contributed by atoms with van der Waals surface area (Å²) in [5.41, 5.74) is 5.39. The predicted octanol–water partition coefficient (Wildman–Crippen LogP) is 14.7. The van der Waals surface area contributed by atoms with Crippen LogP contribution in [-0.4, -0.2) is 39.4 Å². The van der Waals surface area contributed by atoms with E-state index in [1.165, 1.54) is 138 Å². The summed E-state index contributed by atoms with van der Waals surface area (Å²) in [6.45, 7) is 17.4. The van der Waals surface area contributed by atoms with Crippen molar-refractivity contribution in [1.82, 2.24) is 0 Å². The number of ketones is 1. The summed E-state index contributed by atoms with van der Waals surface area (Å²) in [6.07, 6.45) is 43.8. The molecule has 4 rings (SSSR count). The first-order valence-electron chi connectivity index (χ1n) is 23.8. The molecule has 0 spiro atoms. The fraction of sp³-hybridized carbons (Fsp3) is 0.788. The molecule has 4 aliphatic carbocycles. The molecule has 0 aromatic rings. The number of carbonyl (C=O) groups excluding carboxylic acids is 1. The van der Waals surface area contributed by atoms with Gasteiger partial charge in [0.2, 0.25) is 0 Å². The van der Waals surface area contributed by atoms with Crippen LogP contribution in [0.25, 0.3) is 0 Å². The van der Waals surface area contributed by atoms with Gasteiger partial charge in [-0.3, -0.25) is 4.79 Å². The number of hydrogen-bond donors (Lipinski definition) is 3. The normalized spacial score (nSPS) is 26.3. The van der Waals surface area contributed by atoms with Crippen LogP contribution in [0.15, 0.2) is 58.7 Å². The van der Waals surface area contributed by atoms with E-state index in [4.69, 9.17) is 0 Å². The molecule has 4 aliphatic rings. The van der Waals surface area contributed by atoms with Gasteiger partial charge in [-0.1, -0.05) is 177 Å². The standard InChI is InChI=1S/C14H26O.C13H24O.C13H20O.C12H22O/c1-3-4-5-6-7-8-13-9-12(2)10-14(15)11-13;2*1-3-4-5-6-7-12-8-11(2)9-13(14)10-12;1-3-4-5-6-11-7-10(2)8-12(13)9-11/h10,13-15H,3-9,11H2,1-2H3;9,12-14H,3-8,10H2,1-2H3;4-5,9,12H,3,6-8,10H2,1-2H3;8,11-13H,3-7,9H2,1-2H3/b;;5-4-;. The number of carbonyl (C=O) groups is 1. The molecular weight excluding hydrogens is 689 g/mol. The molecule has 0 fully saturated rings. The predicted molar refractivity (Wildman–Crippen MR) is 244 cm³/mol. The van der Waals surface area contributed by atoms with Crippen molar-refractivity contribution < 1.29 is 20.1 Å². The zero-order chi connectivity index (χ0) is 41.6. The van der Waals surface area contributed by atoms with Crippen molar-refractivity contribution in [1.29, 1.82) is 0 Å². The summed E-state index contributed by atoms with van der Waals surface area (Å²) in [6, 6.07) is 0. The van der Waals surface area contributed by atoms with Crippen molar-refractivity contribution in [2.75, 3.05) is 0 Å². The molecule has 0 aromatic carbocycles. The van der Waals surface area contributed by atoms with Gasteiger partial charge in [0.25, 0.3) is 0 Å². The molecule has 0 aliphatic heterocycles. The van der Waals surface area contributed by atoms with E-state index in [1.54, 1.807) is 6.08 Å². The Morgan fingerprint density at radius 1 is 0.482 bits per heavy atom. The highest BCUT2D eigenvalue weighted by Crippen LogP contribution is 2.31. The molecule has 3 N–H and O–H groups in total. The Morgan fingerprint density at radius 3 is 1.25 bits per heavy atom. The maximum Gasteiger partial charge on any atom is 0.155 e. The third kappa shape index (κ3) is 27.8. The highest BCUT2D eigenvalue weighted by Gasteiger charge is 2.21. The monoisotopic (exact) mass is 781 g/mol. The van der Waals surface area contributed by atoms with Crippen LogP contribution in [0.3, 0.4) is 0 Å². The van der Waals surface area contributed by atoms with Gasteiger partial charge >= 0.3 is 0 Å². The second kappa shape index (κ2) is 33.1. The first kappa shape index (κ1) is 52.3. The van der Waals surface area contributed by atoms with Crippen LogP contribution in [0.1, 0.15) is 222 Å². The van der Waals surface area contributed by atoms with Crippen molar-refractivity contribution in [3.8, 4) is 0 Å². The lowest BCUT2D eigenvalue weighted by Crippen LogP contribution is -2.17. The Balaban J connectivity index is 0.000000374. The molecular formula is C52H92O4. The number of aliphatic hydroxyl groups is 3. The Kier molecular flexibility index (Phi) is 30.9. The smallest absolute Gasteiger partial charge is 0.155 e. The van der Waals surface area contributed by atoms with E-state index in [2.05, 4.69) is 67.5 Å². The van der Waals surface area contributed by atoms with Crippen molar-refractivity contribution in [3.63, 3.8) is 0 Å². The van der Waals surface area contributed by atoms with Crippen molar-refractivity contribution in [2.24, 2.45) is 23.7 Å². The maximum atomic E-state index is 11.3. The minimum Gasteiger partial charge on any atom is -0.389 e. The summed E-state index contributed by atoms with van der Waals surface area (Å²) in [4.78, 5) is 11.3. The molecule has 7 unspecified atom stereocenters. The molecule has 324 valence electrons. The Morgan fingerprint density at radius 2 is 0.857 bits per heavy atom. The van der Waals surface area contributed by atoms with Crippen molar-refractivity contribution in [3.05, 3.63) is 58.7 Å². The number of hydrogen-bond acceptors (Lipinski definition) is 4. The summed E-state index contributed by atoms with van der Waals surface area (Å²) < 4.78 is 0. The van der Waals surface area contributed by atoms with Crippen molar-refractivity contribution >= 4 is 5.78 Å². The van der Waals surface area contributed by atoms with Gasteiger partial charge in [0, 0.05) is 6.42 Å². The number of aliphatic hydroxyl groups excluding tert-OH is 3. The zero-order valence-electron chi connectivity index (χ0n) is 38.1. The number of allylic oxidation sites excluding steroid dienone is 7. The van der Waals surface area contributed by atoms with Gasteiger partial charge in [0.1, 0.15) is 0 Å². The van der Waals surface area contributed by atoms with Crippen LogP contribution in [0, 0.1) is 23.7 Å². The summed E-state index contributed by atoms with van der Waals surface area (Å²) >= 11 is 0. The lowest BCUT2D eigenvalue weighted by Gasteiger charge is -2.24. The van der Waals surface area contributed by atoms with Crippen LogP contribution in [0.5, 0.6) is 0 Å². The largest absolute Gasteiger partial charge is 0.389 e. The number of unbranched alkanes of at least 4 members (excludes halogenated alkanes) is 9.